The van der Waals surface area contributed by atoms with E-state index < -0.39 is 5.41 Å². The molecule has 3 heterocycles. The molecule has 0 bridgehead atoms. The van der Waals surface area contributed by atoms with Crippen LogP contribution < -0.4 is 14.7 Å². The number of nitrogens with zero attached hydrogens (tertiary/aromatic N) is 6. The summed E-state index contributed by atoms with van der Waals surface area (Å²) in [4.78, 5) is 6.84. The van der Waals surface area contributed by atoms with Crippen molar-refractivity contribution >= 4 is 99.5 Å². The highest BCUT2D eigenvalue weighted by molar-refractivity contribution is 6.13. The fraction of sp³-hybridized carbons (Fsp3) is 0.0400. The van der Waals surface area contributed by atoms with E-state index in [9.17, 15) is 0 Å². The Morgan fingerprint density at radius 1 is 0.160 bits per heavy atom. The fourth-order valence-corrected chi connectivity index (χ4v) is 21.8. The first-order valence-corrected chi connectivity index (χ1v) is 45.3. The first kappa shape index (κ1) is 77.7. The Morgan fingerprint density at radius 3 is 0.748 bits per heavy atom. The Bertz CT molecular complexity index is 7730. The van der Waals surface area contributed by atoms with E-state index >= 15 is 0 Å². The number of aromatic nitrogens is 3. The summed E-state index contributed by atoms with van der Waals surface area (Å²) in [6.45, 7) is 0. The summed E-state index contributed by atoms with van der Waals surface area (Å²) in [5, 5.41) is 7.63. The lowest BCUT2D eigenvalue weighted by Gasteiger charge is -2.34. The molecule has 3 aliphatic rings. The third-order valence-electron chi connectivity index (χ3n) is 28.0. The Kier molecular flexibility index (Phi) is 19.0. The highest BCUT2D eigenvalue weighted by Gasteiger charge is 2.52. The van der Waals surface area contributed by atoms with Gasteiger partial charge in [0.05, 0.1) is 43.9 Å². The van der Waals surface area contributed by atoms with Gasteiger partial charge in [0.15, 0.2) is 0 Å². The molecule has 3 aromatic heterocycles. The van der Waals surface area contributed by atoms with Crippen LogP contribution in [0.15, 0.2) is 491 Å². The van der Waals surface area contributed by atoms with Gasteiger partial charge in [0.1, 0.15) is 0 Å². The summed E-state index contributed by atoms with van der Waals surface area (Å²) >= 11 is 0. The Labute approximate surface area is 763 Å². The minimum atomic E-state index is -0.411. The molecule has 0 radical (unpaired) electrons. The van der Waals surface area contributed by atoms with E-state index in [-0.39, 0.29) is 5.41 Å². The molecular weight excluding hydrogens is 1590 g/mol. The van der Waals surface area contributed by atoms with Crippen LogP contribution in [-0.2, 0) is 10.8 Å². The Hall–Kier alpha value is -16.8. The van der Waals surface area contributed by atoms with Crippen LogP contribution in [0.25, 0.3) is 138 Å². The molecule has 6 nitrogen and oxygen atoms in total. The molecule has 0 aliphatic heterocycles. The van der Waals surface area contributed by atoms with Crippen molar-refractivity contribution in [3.8, 4) is 72.7 Å². The topological polar surface area (TPSA) is 24.5 Å². The van der Waals surface area contributed by atoms with Crippen molar-refractivity contribution in [3.05, 3.63) is 536 Å². The quantitative estimate of drug-likeness (QED) is 0.115. The van der Waals surface area contributed by atoms with Crippen molar-refractivity contribution < 1.29 is 0 Å². The molecule has 1 spiro atoms. The molecule has 0 atom stereocenters. The number of hydrogen-bond acceptors (Lipinski definition) is 3. The van der Waals surface area contributed by atoms with Gasteiger partial charge in [-0.15, -0.1) is 0 Å². The first-order chi connectivity index (χ1) is 64.8. The highest BCUT2D eigenvalue weighted by atomic mass is 15.1. The standard InChI is InChI=1S/C44H30N2.C44H32N2.C37H28N2/c1-45(29-22-24-30(25-23-29)46-42-20-10-5-15-36(42)37-16-6-11-21-43(37)46)31-26-27-35-34-14-4-9-19-40(34)44(41(35)28-31)38-17-7-2-12-32(38)33-13-3-8-18-39(33)44;1-45(33-24-26-34(27-25-33)46-42-22-12-9-19-38(42)39-20-10-13-23-43(39)46)35-28-29-37-36-18-8-11-21-40(36)44(41(37)30-35,31-14-4-2-5-15-31)32-16-6-3-7-17-32;1-38(31-15-9-4-10-16-31)32-19-21-33(22-20-32)39-36-23-17-29(27-11-5-2-6-12-27)25-34(36)35-26-30(18-24-37(35)39)28-13-7-3-8-14-28/h2-28H,1H3;2-30H,1H3;2-26H,1H3. The van der Waals surface area contributed by atoms with Crippen LogP contribution >= 0.6 is 0 Å². The van der Waals surface area contributed by atoms with Crippen LogP contribution in [0.2, 0.25) is 0 Å². The number of hydrogen-bond donors (Lipinski definition) is 0. The van der Waals surface area contributed by atoms with Crippen LogP contribution in [0.5, 0.6) is 0 Å². The summed E-state index contributed by atoms with van der Waals surface area (Å²) in [5.74, 6) is 0. The summed E-state index contributed by atoms with van der Waals surface area (Å²) in [7, 11) is 6.47. The third-order valence-corrected chi connectivity index (χ3v) is 28.0. The van der Waals surface area contributed by atoms with Crippen molar-refractivity contribution in [1.82, 2.24) is 13.7 Å². The zero-order chi connectivity index (χ0) is 87.3. The molecule has 620 valence electrons. The smallest absolute Gasteiger partial charge is 0.0726 e. The van der Waals surface area contributed by atoms with E-state index in [1.165, 1.54) is 177 Å². The summed E-state index contributed by atoms with van der Waals surface area (Å²) in [5.41, 5.74) is 40.5. The van der Waals surface area contributed by atoms with Crippen LogP contribution in [0.1, 0.15) is 44.5 Å². The van der Waals surface area contributed by atoms with Gasteiger partial charge in [-0.1, -0.05) is 334 Å². The zero-order valence-corrected chi connectivity index (χ0v) is 72.9. The number of rotatable bonds is 13. The molecular formula is C125H90N6. The molecule has 0 saturated carbocycles. The maximum atomic E-state index is 2.44. The zero-order valence-electron chi connectivity index (χ0n) is 72.9. The van der Waals surface area contributed by atoms with Gasteiger partial charge in [0, 0.05) is 105 Å². The van der Waals surface area contributed by atoms with Gasteiger partial charge in [-0.3, -0.25) is 0 Å². The summed E-state index contributed by atoms with van der Waals surface area (Å²) in [6.07, 6.45) is 0. The van der Waals surface area contributed by atoms with Gasteiger partial charge >= 0.3 is 0 Å². The molecule has 6 heteroatoms. The van der Waals surface area contributed by atoms with E-state index in [1.807, 2.05) is 0 Å². The van der Waals surface area contributed by atoms with E-state index in [4.69, 9.17) is 0 Å². The minimum Gasteiger partial charge on any atom is -0.345 e. The highest BCUT2D eigenvalue weighted by Crippen LogP contribution is 2.64. The van der Waals surface area contributed by atoms with Crippen molar-refractivity contribution in [3.63, 3.8) is 0 Å². The fourth-order valence-electron chi connectivity index (χ4n) is 21.8. The van der Waals surface area contributed by atoms with Gasteiger partial charge in [0.2, 0.25) is 0 Å². The van der Waals surface area contributed by atoms with E-state index in [1.54, 1.807) is 0 Å². The molecule has 0 unspecified atom stereocenters. The lowest BCUT2D eigenvalue weighted by molar-refractivity contribution is 0.768. The number of anilines is 6. The number of para-hydroxylation sites is 5. The lowest BCUT2D eigenvalue weighted by Crippen LogP contribution is -2.28. The SMILES string of the molecule is CN(c1ccc(-n2c3ccccc3c3ccccc32)cc1)c1ccc2c(c1)C(c1ccccc1)(c1ccccc1)c1ccccc1-2.CN(c1ccc(-n2c3ccccc3c3ccccc32)cc1)c1ccc2c(c1)C1(c3ccccc3-c3ccccc31)c1ccccc1-2.CN(c1ccccc1)c1ccc(-n2c3ccc(-c4ccccc4)cc3c3cc(-c4ccccc4)ccc32)cc1. The average molecular weight is 1680 g/mol. The van der Waals surface area contributed by atoms with Crippen LogP contribution in [0.3, 0.4) is 0 Å². The van der Waals surface area contributed by atoms with E-state index in [0.29, 0.717) is 0 Å². The normalized spacial score (nSPS) is 12.7. The van der Waals surface area contributed by atoms with Crippen LogP contribution in [-0.4, -0.2) is 34.8 Å². The first-order valence-electron chi connectivity index (χ1n) is 45.3. The molecule has 0 fully saturated rings. The predicted octanol–water partition coefficient (Wildman–Crippen LogP) is 31.7. The molecule has 0 saturated heterocycles. The maximum absolute atomic E-state index is 2.44. The second-order valence-electron chi connectivity index (χ2n) is 34.7. The Morgan fingerprint density at radius 2 is 0.405 bits per heavy atom. The molecule has 3 aliphatic carbocycles. The lowest BCUT2D eigenvalue weighted by atomic mass is 9.67. The molecule has 0 amide bonds. The average Bonchev–Trinajstić information content (AvgIpc) is 1.52. The predicted molar refractivity (Wildman–Crippen MR) is 550 cm³/mol. The second kappa shape index (κ2) is 31.9. The van der Waals surface area contributed by atoms with Gasteiger partial charge in [0.25, 0.3) is 0 Å². The monoisotopic (exact) mass is 1670 g/mol. The largest absolute Gasteiger partial charge is 0.345 e. The van der Waals surface area contributed by atoms with Gasteiger partial charge in [-0.2, -0.15) is 0 Å². The van der Waals surface area contributed by atoms with Crippen molar-refractivity contribution in [2.24, 2.45) is 0 Å². The summed E-state index contributed by atoms with van der Waals surface area (Å²) in [6, 6.07) is 179. The molecule has 131 heavy (non-hydrogen) atoms. The van der Waals surface area contributed by atoms with Gasteiger partial charge in [-0.05, 0) is 258 Å². The number of fused-ring (bicyclic) bond motifs is 22. The summed E-state index contributed by atoms with van der Waals surface area (Å²) < 4.78 is 7.13. The van der Waals surface area contributed by atoms with Crippen LogP contribution in [0.4, 0.5) is 34.1 Å². The molecule has 23 aromatic rings. The van der Waals surface area contributed by atoms with Crippen molar-refractivity contribution in [1.29, 1.82) is 0 Å². The number of benzene rings is 20. The van der Waals surface area contributed by atoms with Crippen molar-refractivity contribution in [2.75, 3.05) is 35.8 Å². The second-order valence-corrected chi connectivity index (χ2v) is 34.7. The van der Waals surface area contributed by atoms with Crippen molar-refractivity contribution in [2.45, 2.75) is 10.8 Å². The Balaban J connectivity index is 0.000000109. The molecule has 0 N–H and O–H groups in total. The maximum Gasteiger partial charge on any atom is 0.0726 e. The van der Waals surface area contributed by atoms with E-state index in [2.05, 4.69) is 541 Å². The van der Waals surface area contributed by atoms with Crippen LogP contribution in [0, 0.1) is 0 Å². The third kappa shape index (κ3) is 12.6. The van der Waals surface area contributed by atoms with E-state index in [0.717, 1.165) is 39.8 Å². The minimum absolute atomic E-state index is 0.337. The van der Waals surface area contributed by atoms with Gasteiger partial charge < -0.3 is 28.4 Å². The van der Waals surface area contributed by atoms with Gasteiger partial charge in [-0.25, -0.2) is 0 Å². The molecule has 26 rings (SSSR count). The molecule has 20 aromatic carbocycles.